The lowest BCUT2D eigenvalue weighted by molar-refractivity contribution is -0.139. The van der Waals surface area contributed by atoms with Crippen molar-refractivity contribution in [1.29, 1.82) is 0 Å². The highest BCUT2D eigenvalue weighted by atomic mass is 19.4. The highest BCUT2D eigenvalue weighted by Crippen LogP contribution is 2.44. The predicted octanol–water partition coefficient (Wildman–Crippen LogP) is 3.74. The van der Waals surface area contributed by atoms with Crippen molar-refractivity contribution in [3.63, 3.8) is 0 Å². The number of carbonyl (C=O) groups is 1. The van der Waals surface area contributed by atoms with Crippen LogP contribution in [0.2, 0.25) is 0 Å². The Bertz CT molecular complexity index is 576. The largest absolute Gasteiger partial charge is 0.515 e. The Morgan fingerprint density at radius 1 is 1.48 bits per heavy atom. The summed E-state index contributed by atoms with van der Waals surface area (Å²) in [4.78, 5) is 11.8. The van der Waals surface area contributed by atoms with Gasteiger partial charge in [-0.1, -0.05) is 12.1 Å². The number of benzene rings is 1. The number of fused-ring (bicyclic) bond motifs is 1. The molecular weight excluding hydrogens is 285 g/mol. The summed E-state index contributed by atoms with van der Waals surface area (Å²) in [6.07, 6.45) is -3.23. The fourth-order valence-corrected chi connectivity index (χ4v) is 2.74. The minimum Gasteiger partial charge on any atom is -0.515 e. The molecule has 114 valence electrons. The molecule has 0 bridgehead atoms. The summed E-state index contributed by atoms with van der Waals surface area (Å²) in [5.74, 6) is -1.26. The Hall–Kier alpha value is -1.98. The number of esters is 1. The van der Waals surface area contributed by atoms with Crippen LogP contribution in [-0.4, -0.2) is 17.7 Å². The number of aliphatic hydroxyl groups is 1. The van der Waals surface area contributed by atoms with E-state index in [1.807, 2.05) is 0 Å². The summed E-state index contributed by atoms with van der Waals surface area (Å²) < 4.78 is 43.8. The van der Waals surface area contributed by atoms with E-state index in [0.717, 1.165) is 6.07 Å². The van der Waals surface area contributed by atoms with E-state index in [0.29, 0.717) is 18.2 Å². The van der Waals surface area contributed by atoms with E-state index in [1.54, 1.807) is 13.0 Å². The summed E-state index contributed by atoms with van der Waals surface area (Å²) in [5.41, 5.74) is -0.0598. The van der Waals surface area contributed by atoms with Crippen molar-refractivity contribution in [3.05, 3.63) is 46.7 Å². The second-order valence-corrected chi connectivity index (χ2v) is 4.77. The second kappa shape index (κ2) is 5.79. The van der Waals surface area contributed by atoms with Gasteiger partial charge in [0.25, 0.3) is 0 Å². The lowest BCUT2D eigenvalue weighted by Crippen LogP contribution is -2.14. The first kappa shape index (κ1) is 15.4. The molecule has 0 spiro atoms. The third-order valence-corrected chi connectivity index (χ3v) is 3.60. The van der Waals surface area contributed by atoms with Crippen LogP contribution in [-0.2, 0) is 22.1 Å². The van der Waals surface area contributed by atoms with Gasteiger partial charge in [-0.15, -0.1) is 0 Å². The van der Waals surface area contributed by atoms with E-state index in [2.05, 4.69) is 0 Å². The van der Waals surface area contributed by atoms with Crippen LogP contribution in [0.15, 0.2) is 30.0 Å². The van der Waals surface area contributed by atoms with Crippen LogP contribution in [0, 0.1) is 0 Å². The smallest absolute Gasteiger partial charge is 0.416 e. The van der Waals surface area contributed by atoms with Crippen LogP contribution in [0.5, 0.6) is 0 Å². The Morgan fingerprint density at radius 3 is 2.76 bits per heavy atom. The third kappa shape index (κ3) is 2.89. The molecule has 0 saturated heterocycles. The van der Waals surface area contributed by atoms with Crippen molar-refractivity contribution in [2.75, 3.05) is 6.61 Å². The van der Waals surface area contributed by atoms with Gasteiger partial charge in [-0.3, -0.25) is 0 Å². The van der Waals surface area contributed by atoms with Gasteiger partial charge in [-0.25, -0.2) is 4.79 Å². The van der Waals surface area contributed by atoms with Gasteiger partial charge < -0.3 is 9.84 Å². The Morgan fingerprint density at radius 2 is 2.19 bits per heavy atom. The minimum atomic E-state index is -4.42. The first-order valence-electron chi connectivity index (χ1n) is 6.60. The lowest BCUT2D eigenvalue weighted by Gasteiger charge is -2.16. The summed E-state index contributed by atoms with van der Waals surface area (Å²) >= 11 is 0. The van der Waals surface area contributed by atoms with E-state index in [9.17, 15) is 23.1 Å². The second-order valence-electron chi connectivity index (χ2n) is 4.77. The molecule has 0 fully saturated rings. The van der Waals surface area contributed by atoms with E-state index < -0.39 is 23.6 Å². The topological polar surface area (TPSA) is 46.5 Å². The van der Waals surface area contributed by atoms with E-state index in [4.69, 9.17) is 4.74 Å². The summed E-state index contributed by atoms with van der Waals surface area (Å²) in [6, 6.07) is 3.92. The fourth-order valence-electron chi connectivity index (χ4n) is 2.74. The first-order valence-corrected chi connectivity index (χ1v) is 6.60. The molecule has 1 unspecified atom stereocenters. The highest BCUT2D eigenvalue weighted by molar-refractivity contribution is 5.90. The molecule has 2 rings (SSSR count). The molecule has 3 nitrogen and oxygen atoms in total. The average Bonchev–Trinajstić information content (AvgIpc) is 2.83. The molecule has 0 saturated carbocycles. The number of ether oxygens (including phenoxy) is 1. The Balaban J connectivity index is 2.41. The maximum absolute atomic E-state index is 13.0. The monoisotopic (exact) mass is 300 g/mol. The Labute approximate surface area is 120 Å². The van der Waals surface area contributed by atoms with Crippen molar-refractivity contribution in [2.45, 2.75) is 31.9 Å². The van der Waals surface area contributed by atoms with Gasteiger partial charge in [0.2, 0.25) is 0 Å². The van der Waals surface area contributed by atoms with Crippen molar-refractivity contribution < 1.29 is 27.8 Å². The zero-order valence-electron chi connectivity index (χ0n) is 11.4. The van der Waals surface area contributed by atoms with Crippen molar-refractivity contribution in [2.24, 2.45) is 0 Å². The molecule has 0 aromatic heterocycles. The van der Waals surface area contributed by atoms with Crippen LogP contribution in [0.4, 0.5) is 13.2 Å². The SMILES string of the molecule is CCOC(=O)/C(=C/O)C1CCc2c1cccc2C(F)(F)F. The molecular formula is C15H15F3O3. The van der Waals surface area contributed by atoms with E-state index in [-0.39, 0.29) is 24.2 Å². The number of aliphatic hydroxyl groups excluding tert-OH is 1. The van der Waals surface area contributed by atoms with Crippen LogP contribution >= 0.6 is 0 Å². The van der Waals surface area contributed by atoms with Gasteiger partial charge in [0, 0.05) is 5.92 Å². The number of halogens is 3. The van der Waals surface area contributed by atoms with Crippen LogP contribution in [0.3, 0.4) is 0 Å². The molecule has 1 aromatic rings. The maximum Gasteiger partial charge on any atom is 0.416 e. The third-order valence-electron chi connectivity index (χ3n) is 3.60. The molecule has 0 amide bonds. The standard InChI is InChI=1S/C15H15F3O3/c1-2-21-14(20)12(8-19)10-6-7-11-9(10)4-3-5-13(11)15(16,17)18/h3-5,8,10,19H,2,6-7H2,1H3/b12-8+. The van der Waals surface area contributed by atoms with Gasteiger partial charge in [0.15, 0.2) is 0 Å². The van der Waals surface area contributed by atoms with Gasteiger partial charge in [-0.2, -0.15) is 13.2 Å². The van der Waals surface area contributed by atoms with Gasteiger partial charge in [0.05, 0.1) is 24.0 Å². The average molecular weight is 300 g/mol. The highest BCUT2D eigenvalue weighted by Gasteiger charge is 2.39. The molecule has 1 aliphatic rings. The number of alkyl halides is 3. The molecule has 1 aromatic carbocycles. The number of hydrogen-bond donors (Lipinski definition) is 1. The van der Waals surface area contributed by atoms with Gasteiger partial charge >= 0.3 is 12.1 Å². The maximum atomic E-state index is 13.0. The van der Waals surface area contributed by atoms with Crippen LogP contribution in [0.1, 0.15) is 36.0 Å². The van der Waals surface area contributed by atoms with Crippen LogP contribution < -0.4 is 0 Å². The summed E-state index contributed by atoms with van der Waals surface area (Å²) in [6.45, 7) is 1.76. The number of rotatable bonds is 3. The lowest BCUT2D eigenvalue weighted by atomic mass is 9.92. The summed E-state index contributed by atoms with van der Waals surface area (Å²) in [5, 5.41) is 9.25. The Kier molecular flexibility index (Phi) is 4.25. The fraction of sp³-hybridized carbons (Fsp3) is 0.400. The zero-order valence-corrected chi connectivity index (χ0v) is 11.4. The molecule has 6 heteroatoms. The quantitative estimate of drug-likeness (QED) is 0.525. The zero-order chi connectivity index (χ0) is 15.6. The van der Waals surface area contributed by atoms with Crippen LogP contribution in [0.25, 0.3) is 0 Å². The first-order chi connectivity index (χ1) is 9.90. The van der Waals surface area contributed by atoms with Crippen molar-refractivity contribution >= 4 is 5.97 Å². The van der Waals surface area contributed by atoms with E-state index in [1.165, 1.54) is 6.07 Å². The molecule has 1 aliphatic carbocycles. The van der Waals surface area contributed by atoms with Gasteiger partial charge in [0.1, 0.15) is 0 Å². The normalized spacial score (nSPS) is 18.5. The van der Waals surface area contributed by atoms with E-state index >= 15 is 0 Å². The molecule has 1 atom stereocenters. The molecule has 0 aliphatic heterocycles. The molecule has 0 heterocycles. The van der Waals surface area contributed by atoms with Crippen molar-refractivity contribution in [3.8, 4) is 0 Å². The number of carbonyl (C=O) groups excluding carboxylic acids is 1. The molecule has 0 radical (unpaired) electrons. The van der Waals surface area contributed by atoms with Gasteiger partial charge in [-0.05, 0) is 37.0 Å². The summed E-state index contributed by atoms with van der Waals surface area (Å²) in [7, 11) is 0. The molecule has 21 heavy (non-hydrogen) atoms. The molecule has 1 N–H and O–H groups in total. The number of hydrogen-bond acceptors (Lipinski definition) is 3. The van der Waals surface area contributed by atoms with Crippen molar-refractivity contribution in [1.82, 2.24) is 0 Å². The minimum absolute atomic E-state index is 0.00470. The predicted molar refractivity (Wildman–Crippen MR) is 69.9 cm³/mol.